The van der Waals surface area contributed by atoms with Crippen LogP contribution < -0.4 is 16.0 Å². The van der Waals surface area contributed by atoms with Gasteiger partial charge in [-0.2, -0.15) is 0 Å². The molecule has 2 rings (SSSR count). The Hall–Kier alpha value is 0.100. The number of aryl methyl sites for hydroxylation is 1. The van der Waals surface area contributed by atoms with Gasteiger partial charge in [0.1, 0.15) is 5.79 Å². The van der Waals surface area contributed by atoms with Crippen LogP contribution in [-0.4, -0.2) is 36.9 Å². The third-order valence-corrected chi connectivity index (χ3v) is 3.94. The second kappa shape index (κ2) is 15.2. The first-order chi connectivity index (χ1) is 10.2. The molecule has 0 radical (unpaired) electrons. The molecular formula is C16H27Br4N5. The summed E-state index contributed by atoms with van der Waals surface area (Å²) >= 11 is 0. The maximum atomic E-state index is 4.27. The molecule has 0 atom stereocenters. The van der Waals surface area contributed by atoms with Crippen molar-refractivity contribution >= 4 is 67.9 Å². The molecular weight excluding hydrogens is 582 g/mol. The molecule has 2 aromatic heterocycles. The van der Waals surface area contributed by atoms with Crippen LogP contribution in [-0.2, 0) is 6.42 Å². The summed E-state index contributed by atoms with van der Waals surface area (Å²) in [4.78, 5) is 8.35. The summed E-state index contributed by atoms with van der Waals surface area (Å²) in [6.45, 7) is 0. The Morgan fingerprint density at radius 2 is 1.32 bits per heavy atom. The zero-order chi connectivity index (χ0) is 15.1. The predicted octanol–water partition coefficient (Wildman–Crippen LogP) is 3.70. The highest BCUT2D eigenvalue weighted by Gasteiger charge is 2.23. The average molecular weight is 609 g/mol. The molecule has 0 amide bonds. The van der Waals surface area contributed by atoms with Gasteiger partial charge in [-0.05, 0) is 68.9 Å². The summed E-state index contributed by atoms with van der Waals surface area (Å²) in [6.07, 6.45) is 9.23. The van der Waals surface area contributed by atoms with Gasteiger partial charge in [-0.15, -0.1) is 67.9 Å². The standard InChI is InChI=1S/C16H23N5.4BrH/c1-17-16(18-2,19-3)8-4-14-12-21-11-7-15(14)13-5-9-20-10-6-13;;;;/h5-7,9-12,17-19H,4,8H2,1-3H3;4*1H. The van der Waals surface area contributed by atoms with Crippen molar-refractivity contribution < 1.29 is 0 Å². The maximum absolute atomic E-state index is 4.27. The Morgan fingerprint density at radius 3 is 1.84 bits per heavy atom. The van der Waals surface area contributed by atoms with Crippen LogP contribution >= 0.6 is 67.9 Å². The molecule has 0 aromatic carbocycles. The number of rotatable bonds is 7. The maximum Gasteiger partial charge on any atom is 0.123 e. The molecule has 0 aliphatic heterocycles. The Labute approximate surface area is 192 Å². The van der Waals surface area contributed by atoms with Crippen LogP contribution in [0.3, 0.4) is 0 Å². The molecule has 3 N–H and O–H groups in total. The fourth-order valence-corrected chi connectivity index (χ4v) is 2.51. The number of pyridine rings is 2. The summed E-state index contributed by atoms with van der Waals surface area (Å²) in [5.41, 5.74) is 3.62. The van der Waals surface area contributed by atoms with E-state index in [0.29, 0.717) is 0 Å². The van der Waals surface area contributed by atoms with Crippen molar-refractivity contribution in [1.29, 1.82) is 0 Å². The van der Waals surface area contributed by atoms with Gasteiger partial charge in [-0.1, -0.05) is 0 Å². The zero-order valence-corrected chi connectivity index (χ0v) is 21.3. The van der Waals surface area contributed by atoms with Crippen LogP contribution in [0.2, 0.25) is 0 Å². The summed E-state index contributed by atoms with van der Waals surface area (Å²) in [5, 5.41) is 9.88. The second-order valence-electron chi connectivity index (χ2n) is 4.92. The first-order valence-corrected chi connectivity index (χ1v) is 7.14. The van der Waals surface area contributed by atoms with E-state index in [-0.39, 0.29) is 73.7 Å². The molecule has 25 heavy (non-hydrogen) atoms. The highest BCUT2D eigenvalue weighted by Crippen LogP contribution is 2.24. The van der Waals surface area contributed by atoms with Gasteiger partial charge in [0, 0.05) is 24.8 Å². The lowest BCUT2D eigenvalue weighted by atomic mass is 9.98. The highest BCUT2D eigenvalue weighted by atomic mass is 79.9. The van der Waals surface area contributed by atoms with Crippen molar-refractivity contribution in [3.05, 3.63) is 48.5 Å². The minimum Gasteiger partial charge on any atom is -0.290 e. The van der Waals surface area contributed by atoms with Gasteiger partial charge in [0.2, 0.25) is 0 Å². The fraction of sp³-hybridized carbons (Fsp3) is 0.375. The monoisotopic (exact) mass is 605 g/mol. The molecule has 0 fully saturated rings. The normalized spacial score (nSPS) is 9.72. The summed E-state index contributed by atoms with van der Waals surface area (Å²) in [7, 11) is 5.83. The Morgan fingerprint density at radius 1 is 0.800 bits per heavy atom. The summed E-state index contributed by atoms with van der Waals surface area (Å²) in [6, 6.07) is 6.12. The van der Waals surface area contributed by atoms with Crippen molar-refractivity contribution in [2.75, 3.05) is 21.1 Å². The third-order valence-electron chi connectivity index (χ3n) is 3.94. The molecule has 9 heteroatoms. The molecule has 0 aliphatic rings. The van der Waals surface area contributed by atoms with Crippen LogP contribution in [0.1, 0.15) is 12.0 Å². The smallest absolute Gasteiger partial charge is 0.123 e. The minimum absolute atomic E-state index is 0. The van der Waals surface area contributed by atoms with Gasteiger partial charge >= 0.3 is 0 Å². The molecule has 0 saturated heterocycles. The van der Waals surface area contributed by atoms with Gasteiger partial charge in [0.15, 0.2) is 0 Å². The largest absolute Gasteiger partial charge is 0.290 e. The molecule has 0 saturated carbocycles. The SMILES string of the molecule is Br.Br.Br.Br.CNC(CCc1cnccc1-c1ccncc1)(NC)NC. The molecule has 0 unspecified atom stereocenters. The van der Waals surface area contributed by atoms with Crippen LogP contribution in [0, 0.1) is 0 Å². The van der Waals surface area contributed by atoms with Gasteiger partial charge in [0.25, 0.3) is 0 Å². The minimum atomic E-state index is -0.272. The van der Waals surface area contributed by atoms with Gasteiger partial charge in [0.05, 0.1) is 0 Å². The van der Waals surface area contributed by atoms with Crippen LogP contribution in [0.15, 0.2) is 43.0 Å². The Kier molecular flexibility index (Phi) is 18.1. The lowest BCUT2D eigenvalue weighted by molar-refractivity contribution is 0.228. The highest BCUT2D eigenvalue weighted by molar-refractivity contribution is 8.93. The lowest BCUT2D eigenvalue weighted by Crippen LogP contribution is -2.63. The summed E-state index contributed by atoms with van der Waals surface area (Å²) < 4.78 is 0. The van der Waals surface area contributed by atoms with Gasteiger partial charge < -0.3 is 0 Å². The van der Waals surface area contributed by atoms with Crippen LogP contribution in [0.4, 0.5) is 0 Å². The number of aromatic nitrogens is 2. The van der Waals surface area contributed by atoms with E-state index < -0.39 is 0 Å². The van der Waals surface area contributed by atoms with E-state index in [0.717, 1.165) is 12.8 Å². The molecule has 2 aromatic rings. The van der Waals surface area contributed by atoms with E-state index in [9.17, 15) is 0 Å². The quantitative estimate of drug-likeness (QED) is 0.419. The number of halogens is 4. The predicted molar refractivity (Wildman–Crippen MR) is 127 cm³/mol. The van der Waals surface area contributed by atoms with Crippen molar-refractivity contribution in [1.82, 2.24) is 25.9 Å². The van der Waals surface area contributed by atoms with E-state index in [1.807, 2.05) is 58.1 Å². The zero-order valence-electron chi connectivity index (χ0n) is 14.5. The first kappa shape index (κ1) is 29.8. The average Bonchev–Trinajstić information content (AvgIpc) is 2.58. The number of hydrogen-bond donors (Lipinski definition) is 3. The molecule has 0 aliphatic carbocycles. The Bertz CT molecular complexity index is 559. The lowest BCUT2D eigenvalue weighted by Gasteiger charge is -2.33. The van der Waals surface area contributed by atoms with Gasteiger partial charge in [-0.3, -0.25) is 25.9 Å². The van der Waals surface area contributed by atoms with E-state index in [4.69, 9.17) is 0 Å². The first-order valence-electron chi connectivity index (χ1n) is 7.14. The van der Waals surface area contributed by atoms with Crippen molar-refractivity contribution in [3.63, 3.8) is 0 Å². The topological polar surface area (TPSA) is 61.9 Å². The molecule has 2 heterocycles. The van der Waals surface area contributed by atoms with E-state index in [1.165, 1.54) is 16.7 Å². The van der Waals surface area contributed by atoms with Crippen molar-refractivity contribution in [2.24, 2.45) is 0 Å². The van der Waals surface area contributed by atoms with Crippen molar-refractivity contribution in [2.45, 2.75) is 18.6 Å². The van der Waals surface area contributed by atoms with Crippen LogP contribution in [0.5, 0.6) is 0 Å². The summed E-state index contributed by atoms with van der Waals surface area (Å²) in [5.74, 6) is -0.272. The second-order valence-corrected chi connectivity index (χ2v) is 4.92. The molecule has 5 nitrogen and oxygen atoms in total. The molecule has 0 spiro atoms. The molecule has 144 valence electrons. The van der Waals surface area contributed by atoms with Crippen molar-refractivity contribution in [3.8, 4) is 11.1 Å². The van der Waals surface area contributed by atoms with Crippen LogP contribution in [0.25, 0.3) is 11.1 Å². The molecule has 0 bridgehead atoms. The van der Waals surface area contributed by atoms with E-state index in [1.54, 1.807) is 0 Å². The van der Waals surface area contributed by atoms with Gasteiger partial charge in [-0.25, -0.2) is 0 Å². The fourth-order valence-electron chi connectivity index (χ4n) is 2.51. The number of hydrogen-bond acceptors (Lipinski definition) is 5. The number of nitrogens with one attached hydrogen (secondary N) is 3. The number of nitrogens with zero attached hydrogens (tertiary/aromatic N) is 2. The third kappa shape index (κ3) is 8.11. The van der Waals surface area contributed by atoms with E-state index in [2.05, 4.69) is 32.0 Å². The Balaban J connectivity index is -0.00000121. The van der Waals surface area contributed by atoms with E-state index >= 15 is 0 Å².